The van der Waals surface area contributed by atoms with E-state index in [-0.39, 0.29) is 5.69 Å². The molecule has 9 aromatic carbocycles. The fourth-order valence-electron chi connectivity index (χ4n) is 9.09. The smallest absolute Gasteiger partial charge is 0.208 e. The van der Waals surface area contributed by atoms with Gasteiger partial charge in [-0.3, -0.25) is 0 Å². The zero-order chi connectivity index (χ0) is 41.1. The van der Waals surface area contributed by atoms with Gasteiger partial charge in [0.05, 0.1) is 11.0 Å². The Bertz CT molecular complexity index is 3760. The topological polar surface area (TPSA) is 109 Å². The molecule has 0 aliphatic rings. The summed E-state index contributed by atoms with van der Waals surface area (Å²) in [5.74, 6) is -4.50. The molecule has 0 unspecified atom stereocenters. The van der Waals surface area contributed by atoms with Gasteiger partial charge in [0, 0.05) is 79.1 Å². The van der Waals surface area contributed by atoms with Gasteiger partial charge < -0.3 is 35.0 Å². The monoisotopic (exact) mass is 828 g/mol. The summed E-state index contributed by atoms with van der Waals surface area (Å²) in [6.07, 6.45) is 0. The molecule has 0 atom stereocenters. The molecule has 7 nitrogen and oxygen atoms in total. The van der Waals surface area contributed by atoms with Gasteiger partial charge in [-0.05, 0) is 77.7 Å². The van der Waals surface area contributed by atoms with Crippen LogP contribution in [0.3, 0.4) is 0 Å². The van der Waals surface area contributed by atoms with Crippen LogP contribution in [0.2, 0.25) is 0 Å². The number of rotatable bonds is 5. The summed E-state index contributed by atoms with van der Waals surface area (Å²) in [6.45, 7) is 0. The SMILES string of the molecule is Oc1c(O)c(O)c(N(c2ccc3sc4ccccc4c3c2)c2cc(-c3ccc4c(c3)c3ccc5ccccc5c3n4-c3ccccc3)c3sc4ccccc4c3c2)c(O)c1O. The number of phenolic OH excluding ortho intramolecular Hbond substituents is 5. The third-order valence-electron chi connectivity index (χ3n) is 11.9. The molecule has 0 fully saturated rings. The summed E-state index contributed by atoms with van der Waals surface area (Å²) in [6, 6.07) is 56.1. The normalized spacial score (nSPS) is 11.9. The highest BCUT2D eigenvalue weighted by molar-refractivity contribution is 7.26. The van der Waals surface area contributed by atoms with E-state index < -0.39 is 28.7 Å². The van der Waals surface area contributed by atoms with E-state index in [4.69, 9.17) is 0 Å². The van der Waals surface area contributed by atoms with Crippen molar-refractivity contribution in [1.82, 2.24) is 4.57 Å². The van der Waals surface area contributed by atoms with Crippen LogP contribution >= 0.6 is 22.7 Å². The van der Waals surface area contributed by atoms with E-state index in [1.165, 1.54) is 0 Å². The predicted molar refractivity (Wildman–Crippen MR) is 253 cm³/mol. The lowest BCUT2D eigenvalue weighted by molar-refractivity contribution is 0.329. The van der Waals surface area contributed by atoms with E-state index in [9.17, 15) is 25.5 Å². The highest BCUT2D eigenvalue weighted by atomic mass is 32.1. The first kappa shape index (κ1) is 35.2. The molecule has 292 valence electrons. The molecule has 0 spiro atoms. The van der Waals surface area contributed by atoms with Gasteiger partial charge in [-0.2, -0.15) is 0 Å². The van der Waals surface area contributed by atoms with Gasteiger partial charge in [0.1, 0.15) is 5.69 Å². The maximum atomic E-state index is 11.6. The largest absolute Gasteiger partial charge is 0.503 e. The molecular weight excluding hydrogens is 797 g/mol. The minimum atomic E-state index is -1.02. The van der Waals surface area contributed by atoms with Crippen LogP contribution in [0.4, 0.5) is 17.1 Å². The standard InChI is InChI=1S/C52H32N2O5S2/c55-47-46(48(56)50(58)51(59)49(47)57)53(31-20-23-44-39(25-31)34-14-6-8-16-42(34)60-44)32-26-37(52-40(27-32)35-15-7-9-17-43(35)61-52)29-19-22-41-38(24-29)36-21-18-28-10-4-5-13-33(28)45(36)54(41)30-11-2-1-3-12-30/h1-27,55-59H. The van der Waals surface area contributed by atoms with E-state index >= 15 is 0 Å². The second-order valence-electron chi connectivity index (χ2n) is 15.3. The number of aromatic hydroxyl groups is 5. The van der Waals surface area contributed by atoms with Crippen molar-refractivity contribution in [3.63, 3.8) is 0 Å². The van der Waals surface area contributed by atoms with Crippen molar-refractivity contribution < 1.29 is 25.5 Å². The number of phenols is 5. The van der Waals surface area contributed by atoms with Gasteiger partial charge in [0.15, 0.2) is 11.5 Å². The average Bonchev–Trinajstić information content (AvgIpc) is 3.98. The van der Waals surface area contributed by atoms with E-state index in [1.54, 1.807) is 27.6 Å². The van der Waals surface area contributed by atoms with Crippen molar-refractivity contribution in [3.05, 3.63) is 164 Å². The number of aromatic nitrogens is 1. The van der Waals surface area contributed by atoms with E-state index in [0.29, 0.717) is 11.4 Å². The Hall–Kier alpha value is -7.72. The van der Waals surface area contributed by atoms with Crippen LogP contribution in [-0.2, 0) is 0 Å². The molecule has 5 N–H and O–H groups in total. The maximum absolute atomic E-state index is 11.6. The number of hydrogen-bond donors (Lipinski definition) is 5. The molecule has 0 radical (unpaired) electrons. The number of anilines is 3. The molecule has 0 aliphatic carbocycles. The number of thiophene rings is 2. The van der Waals surface area contributed by atoms with Crippen molar-refractivity contribution in [2.45, 2.75) is 0 Å². The van der Waals surface area contributed by atoms with Crippen molar-refractivity contribution in [1.29, 1.82) is 0 Å². The Morgan fingerprint density at radius 1 is 0.410 bits per heavy atom. The zero-order valence-corrected chi connectivity index (χ0v) is 33.7. The van der Waals surface area contributed by atoms with Gasteiger partial charge >= 0.3 is 0 Å². The molecular formula is C52H32N2O5S2. The first-order valence-corrected chi connectivity index (χ1v) is 21.3. The van der Waals surface area contributed by atoms with Crippen molar-refractivity contribution in [2.24, 2.45) is 0 Å². The highest BCUT2D eigenvalue weighted by Crippen LogP contribution is 2.59. The van der Waals surface area contributed by atoms with Crippen LogP contribution in [0.25, 0.3) is 89.7 Å². The Morgan fingerprint density at radius 2 is 1.03 bits per heavy atom. The van der Waals surface area contributed by atoms with Crippen molar-refractivity contribution in [3.8, 4) is 45.6 Å². The number of benzene rings is 9. The molecule has 12 aromatic rings. The quantitative estimate of drug-likeness (QED) is 0.0873. The summed E-state index contributed by atoms with van der Waals surface area (Å²) in [7, 11) is 0. The minimum absolute atomic E-state index is 0.287. The molecule has 0 bridgehead atoms. The summed E-state index contributed by atoms with van der Waals surface area (Å²) in [5, 5.41) is 64.2. The van der Waals surface area contributed by atoms with Crippen LogP contribution < -0.4 is 4.90 Å². The first-order valence-electron chi connectivity index (χ1n) is 19.7. The van der Waals surface area contributed by atoms with Gasteiger partial charge in [-0.15, -0.1) is 22.7 Å². The lowest BCUT2D eigenvalue weighted by Gasteiger charge is -2.28. The lowest BCUT2D eigenvalue weighted by atomic mass is 9.98. The fraction of sp³-hybridized carbons (Fsp3) is 0. The Kier molecular flexibility index (Phi) is 7.59. The Labute approximate surface area is 355 Å². The van der Waals surface area contributed by atoms with Crippen LogP contribution in [0.5, 0.6) is 28.7 Å². The maximum Gasteiger partial charge on any atom is 0.208 e. The molecule has 0 aliphatic heterocycles. The van der Waals surface area contributed by atoms with Gasteiger partial charge in [0.2, 0.25) is 17.2 Å². The van der Waals surface area contributed by atoms with Gasteiger partial charge in [0.25, 0.3) is 0 Å². The van der Waals surface area contributed by atoms with Gasteiger partial charge in [-0.1, -0.05) is 97.1 Å². The molecule has 0 saturated heterocycles. The zero-order valence-electron chi connectivity index (χ0n) is 32.0. The second kappa shape index (κ2) is 13.1. The van der Waals surface area contributed by atoms with Crippen LogP contribution in [0, 0.1) is 0 Å². The van der Waals surface area contributed by atoms with Crippen LogP contribution in [-0.4, -0.2) is 30.1 Å². The molecule has 3 heterocycles. The van der Waals surface area contributed by atoms with Gasteiger partial charge in [-0.25, -0.2) is 0 Å². The average molecular weight is 829 g/mol. The fourth-order valence-corrected chi connectivity index (χ4v) is 11.4. The van der Waals surface area contributed by atoms with E-state index in [2.05, 4.69) is 108 Å². The third kappa shape index (κ3) is 5.14. The number of hydrogen-bond acceptors (Lipinski definition) is 8. The Morgan fingerprint density at radius 3 is 1.80 bits per heavy atom. The molecule has 0 saturated carbocycles. The summed E-state index contributed by atoms with van der Waals surface area (Å²) in [4.78, 5) is 1.64. The highest BCUT2D eigenvalue weighted by Gasteiger charge is 2.30. The van der Waals surface area contributed by atoms with Crippen molar-refractivity contribution >= 4 is 113 Å². The van der Waals surface area contributed by atoms with E-state index in [1.807, 2.05) is 60.7 Å². The number of fused-ring (bicyclic) bond motifs is 11. The lowest BCUT2D eigenvalue weighted by Crippen LogP contribution is -2.11. The molecule has 3 aromatic heterocycles. The number of nitrogens with zero attached hydrogens (tertiary/aromatic N) is 2. The predicted octanol–water partition coefficient (Wildman–Crippen LogP) is 14.3. The molecule has 61 heavy (non-hydrogen) atoms. The molecule has 0 amide bonds. The summed E-state index contributed by atoms with van der Waals surface area (Å²) < 4.78 is 6.63. The summed E-state index contributed by atoms with van der Waals surface area (Å²) in [5.41, 5.74) is 5.91. The Balaban J connectivity index is 1.17. The number of para-hydroxylation sites is 1. The van der Waals surface area contributed by atoms with Crippen LogP contribution in [0.15, 0.2) is 164 Å². The summed E-state index contributed by atoms with van der Waals surface area (Å²) >= 11 is 3.35. The second-order valence-corrected chi connectivity index (χ2v) is 17.4. The van der Waals surface area contributed by atoms with E-state index in [0.717, 1.165) is 89.7 Å². The minimum Gasteiger partial charge on any atom is -0.503 e. The third-order valence-corrected chi connectivity index (χ3v) is 14.3. The van der Waals surface area contributed by atoms with Crippen LogP contribution in [0.1, 0.15) is 0 Å². The molecule has 9 heteroatoms. The molecule has 12 rings (SSSR count). The first-order chi connectivity index (χ1) is 29.8. The van der Waals surface area contributed by atoms with Crippen molar-refractivity contribution in [2.75, 3.05) is 4.90 Å².